The summed E-state index contributed by atoms with van der Waals surface area (Å²) in [6, 6.07) is 0.487. The molecular formula is C20H30N2O4S. The van der Waals surface area contributed by atoms with Gasteiger partial charge in [0.25, 0.3) is 0 Å². The highest BCUT2D eigenvalue weighted by molar-refractivity contribution is 8.03. The average molecular weight is 395 g/mol. The Morgan fingerprint density at radius 2 is 1.93 bits per heavy atom. The van der Waals surface area contributed by atoms with Crippen LogP contribution in [0.5, 0.6) is 0 Å². The molecule has 0 aromatic carbocycles. The molecule has 3 fully saturated rings. The van der Waals surface area contributed by atoms with Crippen molar-refractivity contribution in [3.05, 3.63) is 10.6 Å². The fraction of sp³-hybridized carbons (Fsp3) is 0.800. The molecule has 5 atom stereocenters. The zero-order chi connectivity index (χ0) is 19.3. The van der Waals surface area contributed by atoms with Gasteiger partial charge in [0.2, 0.25) is 5.91 Å². The molecule has 4 rings (SSSR count). The molecule has 0 aromatic heterocycles. The van der Waals surface area contributed by atoms with E-state index in [4.69, 9.17) is 0 Å². The molecule has 1 saturated carbocycles. The van der Waals surface area contributed by atoms with Crippen LogP contribution in [0.1, 0.15) is 52.4 Å². The normalized spacial score (nSPS) is 36.1. The Bertz CT molecular complexity index is 658. The van der Waals surface area contributed by atoms with Gasteiger partial charge in [-0.3, -0.25) is 9.69 Å². The second kappa shape index (κ2) is 7.41. The minimum Gasteiger partial charge on any atom is -0.477 e. The first kappa shape index (κ1) is 19.3. The van der Waals surface area contributed by atoms with Crippen molar-refractivity contribution in [1.29, 1.82) is 0 Å². The molecule has 7 heteroatoms. The molecule has 27 heavy (non-hydrogen) atoms. The maximum atomic E-state index is 12.4. The van der Waals surface area contributed by atoms with Gasteiger partial charge in [0.1, 0.15) is 5.70 Å². The van der Waals surface area contributed by atoms with E-state index in [1.807, 2.05) is 6.92 Å². The van der Waals surface area contributed by atoms with Crippen molar-refractivity contribution in [3.63, 3.8) is 0 Å². The predicted octanol–water partition coefficient (Wildman–Crippen LogP) is 2.28. The predicted molar refractivity (Wildman–Crippen MR) is 104 cm³/mol. The summed E-state index contributed by atoms with van der Waals surface area (Å²) < 4.78 is 0. The fourth-order valence-corrected chi connectivity index (χ4v) is 6.99. The molecular weight excluding hydrogens is 364 g/mol. The van der Waals surface area contributed by atoms with E-state index in [9.17, 15) is 19.8 Å². The molecule has 2 N–H and O–H groups in total. The number of carboxylic acid groups (broad SMARTS) is 1. The van der Waals surface area contributed by atoms with Crippen LogP contribution in [0.3, 0.4) is 0 Å². The number of nitrogens with zero attached hydrogens (tertiary/aromatic N) is 2. The van der Waals surface area contributed by atoms with Crippen LogP contribution in [0, 0.1) is 11.8 Å². The summed E-state index contributed by atoms with van der Waals surface area (Å²) in [7, 11) is 0. The number of thioether (sulfide) groups is 1. The van der Waals surface area contributed by atoms with E-state index >= 15 is 0 Å². The summed E-state index contributed by atoms with van der Waals surface area (Å²) in [5.41, 5.74) is 0.163. The number of aliphatic hydroxyl groups excluding tert-OH is 1. The van der Waals surface area contributed by atoms with Gasteiger partial charge in [-0.15, -0.1) is 11.8 Å². The topological polar surface area (TPSA) is 81.1 Å². The molecule has 150 valence electrons. The molecule has 0 unspecified atom stereocenters. The quantitative estimate of drug-likeness (QED) is 0.697. The van der Waals surface area contributed by atoms with Crippen LogP contribution in [-0.4, -0.2) is 68.4 Å². The Balaban J connectivity index is 1.48. The van der Waals surface area contributed by atoms with Crippen LogP contribution < -0.4 is 0 Å². The van der Waals surface area contributed by atoms with E-state index in [1.165, 1.54) is 37.0 Å². The zero-order valence-electron chi connectivity index (χ0n) is 16.1. The van der Waals surface area contributed by atoms with Crippen molar-refractivity contribution < 1.29 is 19.8 Å². The molecule has 0 bridgehead atoms. The Labute approximate surface area is 165 Å². The number of aliphatic carboxylic acids is 1. The van der Waals surface area contributed by atoms with E-state index in [2.05, 4.69) is 4.90 Å². The van der Waals surface area contributed by atoms with Crippen LogP contribution >= 0.6 is 11.8 Å². The number of carboxylic acids is 1. The van der Waals surface area contributed by atoms with Gasteiger partial charge in [-0.2, -0.15) is 0 Å². The lowest BCUT2D eigenvalue weighted by Gasteiger charge is -2.46. The first-order valence-electron chi connectivity index (χ1n) is 10.3. The largest absolute Gasteiger partial charge is 0.477 e. The maximum absolute atomic E-state index is 12.4. The number of fused-ring (bicyclic) bond motifs is 1. The minimum absolute atomic E-state index is 0.0258. The van der Waals surface area contributed by atoms with Gasteiger partial charge in [0.15, 0.2) is 0 Å². The van der Waals surface area contributed by atoms with Crippen molar-refractivity contribution in [1.82, 2.24) is 9.80 Å². The van der Waals surface area contributed by atoms with E-state index in [1.54, 1.807) is 18.7 Å². The number of aliphatic hydroxyl groups is 1. The van der Waals surface area contributed by atoms with Gasteiger partial charge >= 0.3 is 5.97 Å². The zero-order valence-corrected chi connectivity index (χ0v) is 17.0. The summed E-state index contributed by atoms with van der Waals surface area (Å²) >= 11 is 1.67. The lowest BCUT2D eigenvalue weighted by atomic mass is 9.79. The van der Waals surface area contributed by atoms with Crippen LogP contribution in [0.2, 0.25) is 0 Å². The van der Waals surface area contributed by atoms with Gasteiger partial charge < -0.3 is 15.1 Å². The number of carbonyl (C=O) groups excluding carboxylic acids is 1. The monoisotopic (exact) mass is 394 g/mol. The molecule has 2 saturated heterocycles. The Morgan fingerprint density at radius 3 is 2.56 bits per heavy atom. The molecule has 3 aliphatic heterocycles. The third kappa shape index (κ3) is 3.21. The molecule has 6 nitrogen and oxygen atoms in total. The van der Waals surface area contributed by atoms with Gasteiger partial charge in [-0.05, 0) is 32.7 Å². The van der Waals surface area contributed by atoms with Crippen LogP contribution in [0.15, 0.2) is 10.6 Å². The number of hydrogen-bond donors (Lipinski definition) is 2. The number of likely N-dealkylation sites (tertiary alicyclic amines) is 1. The van der Waals surface area contributed by atoms with E-state index in [-0.39, 0.29) is 23.6 Å². The lowest BCUT2D eigenvalue weighted by molar-refractivity contribution is -0.163. The summed E-state index contributed by atoms with van der Waals surface area (Å²) in [5, 5.41) is 20.1. The van der Waals surface area contributed by atoms with Gasteiger partial charge in [-0.1, -0.05) is 26.2 Å². The summed E-state index contributed by atoms with van der Waals surface area (Å²) in [6.45, 7) is 5.73. The van der Waals surface area contributed by atoms with Gasteiger partial charge in [-0.25, -0.2) is 4.79 Å². The number of amides is 1. The number of rotatable bonds is 5. The van der Waals surface area contributed by atoms with Crippen molar-refractivity contribution in [2.45, 2.75) is 75.8 Å². The second-order valence-electron chi connectivity index (χ2n) is 8.59. The molecule has 1 amide bonds. The van der Waals surface area contributed by atoms with Crippen molar-refractivity contribution in [3.8, 4) is 0 Å². The van der Waals surface area contributed by atoms with Gasteiger partial charge in [0.05, 0.1) is 18.1 Å². The third-order valence-electron chi connectivity index (χ3n) is 6.87. The summed E-state index contributed by atoms with van der Waals surface area (Å²) in [5.74, 6) is -1.77. The molecule has 3 heterocycles. The molecule has 0 aromatic rings. The van der Waals surface area contributed by atoms with E-state index in [0.29, 0.717) is 11.3 Å². The Kier molecular flexibility index (Phi) is 5.29. The van der Waals surface area contributed by atoms with Gasteiger partial charge in [0, 0.05) is 28.7 Å². The highest BCUT2D eigenvalue weighted by Gasteiger charge is 2.60. The highest BCUT2D eigenvalue weighted by atomic mass is 32.2. The number of carbonyl (C=O) groups is 2. The summed E-state index contributed by atoms with van der Waals surface area (Å²) in [6.07, 6.45) is 6.91. The highest BCUT2D eigenvalue weighted by Crippen LogP contribution is 2.52. The van der Waals surface area contributed by atoms with Crippen molar-refractivity contribution in [2.75, 3.05) is 13.1 Å². The number of hydrogen-bond acceptors (Lipinski definition) is 5. The Hall–Kier alpha value is -1.05. The minimum atomic E-state index is -1.02. The van der Waals surface area contributed by atoms with E-state index < -0.39 is 18.0 Å². The van der Waals surface area contributed by atoms with Crippen molar-refractivity contribution >= 4 is 23.6 Å². The Morgan fingerprint density at radius 1 is 1.22 bits per heavy atom. The lowest BCUT2D eigenvalue weighted by Crippen LogP contribution is -2.63. The standard InChI is InChI=1S/C20H30N2O4S/c1-11-16-15(12(2)23)19(24)22(16)17(20(25)26)18(11)27-14-8-9-21(10-14)13-6-4-3-5-7-13/h11-16,23H,3-10H2,1-2H3,(H,25,26)/t11-,12-,14-,15-,16-/m1/s1. The van der Waals surface area contributed by atoms with Crippen molar-refractivity contribution in [2.24, 2.45) is 11.8 Å². The maximum Gasteiger partial charge on any atom is 0.353 e. The van der Waals surface area contributed by atoms with E-state index in [0.717, 1.165) is 24.4 Å². The van der Waals surface area contributed by atoms with Crippen LogP contribution in [-0.2, 0) is 9.59 Å². The molecule has 4 aliphatic rings. The molecule has 0 spiro atoms. The first-order valence-corrected chi connectivity index (χ1v) is 11.2. The first-order chi connectivity index (χ1) is 12.9. The van der Waals surface area contributed by atoms with Crippen LogP contribution in [0.4, 0.5) is 0 Å². The third-order valence-corrected chi connectivity index (χ3v) is 8.41. The molecule has 1 aliphatic carbocycles. The smallest absolute Gasteiger partial charge is 0.353 e. The summed E-state index contributed by atoms with van der Waals surface area (Å²) in [4.78, 5) is 29.2. The second-order valence-corrected chi connectivity index (χ2v) is 9.93. The van der Waals surface area contributed by atoms with Crippen LogP contribution in [0.25, 0.3) is 0 Å². The SMILES string of the molecule is C[C@@H](O)[C@H]1C(=O)N2C(C(=O)O)=C(S[C@@H]3CCN(C4CCCCC4)C3)[C@H](C)[C@H]12. The fourth-order valence-electron chi connectivity index (χ4n) is 5.49. The number of β-lactam (4-membered cyclic amide) rings is 1. The molecule has 0 radical (unpaired) electrons. The average Bonchev–Trinajstić information content (AvgIpc) is 3.18.